The van der Waals surface area contributed by atoms with E-state index in [-0.39, 0.29) is 11.9 Å². The van der Waals surface area contributed by atoms with E-state index in [1.165, 1.54) is 11.8 Å². The fraction of sp³-hybridized carbons (Fsp3) is 0.800. The maximum Gasteiger partial charge on any atom is 0.161 e. The van der Waals surface area contributed by atoms with Gasteiger partial charge in [-0.15, -0.1) is 0 Å². The molecule has 7 heteroatoms. The molecule has 2 aliphatic rings. The summed E-state index contributed by atoms with van der Waals surface area (Å²) < 4.78 is 5.60. The van der Waals surface area contributed by atoms with Crippen LogP contribution in [0.5, 0.6) is 0 Å². The van der Waals surface area contributed by atoms with E-state index in [4.69, 9.17) is 10.00 Å². The second-order valence-corrected chi connectivity index (χ2v) is 5.37. The molecule has 0 radical (unpaired) electrons. The molecule has 0 bridgehead atoms. The number of ether oxygens (including phenoxy) is 1. The second kappa shape index (κ2) is 4.82. The van der Waals surface area contributed by atoms with Crippen LogP contribution in [0.4, 0.5) is 0 Å². The molecule has 2 heterocycles. The van der Waals surface area contributed by atoms with Crippen LogP contribution in [0.25, 0.3) is 0 Å². The average molecular weight is 257 g/mol. The Balaban J connectivity index is 2.13. The molecule has 0 saturated carbocycles. The van der Waals surface area contributed by atoms with Crippen LogP contribution in [0, 0.1) is 11.3 Å². The normalized spacial score (nSPS) is 40.4. The maximum atomic E-state index is 9.97. The van der Waals surface area contributed by atoms with Crippen molar-refractivity contribution in [2.24, 2.45) is 4.99 Å². The van der Waals surface area contributed by atoms with Crippen LogP contribution in [-0.2, 0) is 4.74 Å². The van der Waals surface area contributed by atoms with Crippen molar-refractivity contribution < 1.29 is 14.9 Å². The number of rotatable bonds is 1. The predicted octanol–water partition coefficient (Wildman–Crippen LogP) is -0.620. The van der Waals surface area contributed by atoms with E-state index in [9.17, 15) is 10.2 Å². The Hall–Kier alpha value is -0.810. The summed E-state index contributed by atoms with van der Waals surface area (Å²) in [6.45, 7) is 0. The highest BCUT2D eigenvalue weighted by molar-refractivity contribution is 8.14. The molecule has 94 valence electrons. The molecule has 17 heavy (non-hydrogen) atoms. The highest BCUT2D eigenvalue weighted by Crippen LogP contribution is 2.37. The van der Waals surface area contributed by atoms with E-state index in [1.54, 1.807) is 0 Å². The molecule has 6 nitrogen and oxygen atoms in total. The third kappa shape index (κ3) is 2.26. The Bertz CT molecular complexity index is 368. The van der Waals surface area contributed by atoms with Gasteiger partial charge in [0.1, 0.15) is 29.8 Å². The summed E-state index contributed by atoms with van der Waals surface area (Å²) in [6.07, 6.45) is -2.60. The summed E-state index contributed by atoms with van der Waals surface area (Å²) in [5, 5.41) is 29.2. The van der Waals surface area contributed by atoms with Crippen molar-refractivity contribution in [2.45, 2.75) is 36.2 Å². The molecule has 5 atom stereocenters. The number of nitriles is 1. The first kappa shape index (κ1) is 12.6. The van der Waals surface area contributed by atoms with Crippen LogP contribution in [-0.4, -0.2) is 64.2 Å². The van der Waals surface area contributed by atoms with Gasteiger partial charge in [0, 0.05) is 14.1 Å². The zero-order valence-corrected chi connectivity index (χ0v) is 10.5. The maximum absolute atomic E-state index is 9.97. The lowest BCUT2D eigenvalue weighted by molar-refractivity contribution is -0.150. The molecule has 0 unspecified atom stereocenters. The highest BCUT2D eigenvalue weighted by atomic mass is 32.2. The fourth-order valence-electron chi connectivity index (χ4n) is 1.89. The van der Waals surface area contributed by atoms with E-state index in [0.29, 0.717) is 0 Å². The van der Waals surface area contributed by atoms with E-state index < -0.39 is 24.4 Å². The van der Waals surface area contributed by atoms with E-state index in [2.05, 4.69) is 4.99 Å². The second-order valence-electron chi connectivity index (χ2n) is 4.30. The first-order chi connectivity index (χ1) is 8.04. The molecule has 0 spiro atoms. The van der Waals surface area contributed by atoms with Crippen molar-refractivity contribution in [3.63, 3.8) is 0 Å². The van der Waals surface area contributed by atoms with Gasteiger partial charge >= 0.3 is 0 Å². The summed E-state index contributed by atoms with van der Waals surface area (Å²) in [4.78, 5) is 6.16. The molecule has 0 aromatic rings. The Morgan fingerprint density at radius 3 is 2.76 bits per heavy atom. The third-order valence-corrected chi connectivity index (χ3v) is 4.13. The number of aliphatic hydroxyl groups excluding tert-OH is 2. The number of fused-ring (bicyclic) bond motifs is 1. The van der Waals surface area contributed by atoms with Crippen molar-refractivity contribution >= 4 is 16.9 Å². The van der Waals surface area contributed by atoms with Gasteiger partial charge in [-0.05, 0) is 0 Å². The zero-order chi connectivity index (χ0) is 12.6. The molecule has 0 aromatic heterocycles. The van der Waals surface area contributed by atoms with Crippen molar-refractivity contribution in [1.29, 1.82) is 5.26 Å². The van der Waals surface area contributed by atoms with Crippen LogP contribution >= 0.6 is 11.8 Å². The molecule has 2 rings (SSSR count). The summed E-state index contributed by atoms with van der Waals surface area (Å²) in [5.41, 5.74) is -0.316. The number of aliphatic imine (C=N–C) groups is 1. The van der Waals surface area contributed by atoms with Gasteiger partial charge in [0.25, 0.3) is 0 Å². The van der Waals surface area contributed by atoms with Gasteiger partial charge < -0.3 is 19.8 Å². The van der Waals surface area contributed by atoms with Crippen LogP contribution in [0.15, 0.2) is 4.99 Å². The third-order valence-electron chi connectivity index (χ3n) is 2.82. The van der Waals surface area contributed by atoms with Gasteiger partial charge in [0.15, 0.2) is 5.17 Å². The van der Waals surface area contributed by atoms with Gasteiger partial charge in [0.05, 0.1) is 12.5 Å². The number of thioether (sulfide) groups is 1. The minimum Gasteiger partial charge on any atom is -0.388 e. The first-order valence-electron chi connectivity index (χ1n) is 5.35. The van der Waals surface area contributed by atoms with Gasteiger partial charge in [-0.25, -0.2) is 0 Å². The minimum atomic E-state index is -1.05. The Labute approximate surface area is 104 Å². The van der Waals surface area contributed by atoms with E-state index >= 15 is 0 Å². The number of nitrogens with zero attached hydrogens (tertiary/aromatic N) is 3. The Morgan fingerprint density at radius 1 is 1.47 bits per heavy atom. The largest absolute Gasteiger partial charge is 0.388 e. The van der Waals surface area contributed by atoms with Gasteiger partial charge in [0.2, 0.25) is 0 Å². The molecule has 0 aromatic carbocycles. The molecule has 0 aliphatic carbocycles. The Kier molecular flexibility index (Phi) is 3.58. The summed E-state index contributed by atoms with van der Waals surface area (Å²) >= 11 is 1.41. The molecule has 0 amide bonds. The number of hydrogen-bond acceptors (Lipinski definition) is 7. The summed E-state index contributed by atoms with van der Waals surface area (Å²) in [6, 6.07) is 1.49. The van der Waals surface area contributed by atoms with Crippen LogP contribution in [0.2, 0.25) is 0 Å². The molecule has 1 fully saturated rings. The minimum absolute atomic E-state index is 0.0688. The van der Waals surface area contributed by atoms with Crippen LogP contribution in [0.3, 0.4) is 0 Å². The van der Waals surface area contributed by atoms with Crippen molar-refractivity contribution in [3.05, 3.63) is 0 Å². The Morgan fingerprint density at radius 2 is 2.18 bits per heavy atom. The highest BCUT2D eigenvalue weighted by Gasteiger charge is 2.48. The molecular weight excluding hydrogens is 242 g/mol. The van der Waals surface area contributed by atoms with Crippen LogP contribution in [0.1, 0.15) is 6.42 Å². The standard InChI is InChI=1S/C10H15N3O3S/c1-13(2)10-12-6-8(15)7(14)5(3-4-11)16-9(6)17-10/h5-9,14-15H,3H2,1-2H3/t5-,6-,7+,8-,9-/m1/s1. The fourth-order valence-corrected chi connectivity index (χ4v) is 3.05. The molecule has 2 aliphatic heterocycles. The lowest BCUT2D eigenvalue weighted by atomic mass is 9.97. The zero-order valence-electron chi connectivity index (χ0n) is 9.65. The average Bonchev–Trinajstić information content (AvgIpc) is 2.70. The number of hydrogen-bond donors (Lipinski definition) is 2. The number of aliphatic hydroxyl groups is 2. The SMILES string of the molecule is CN(C)C1=N[C@@H]2[C@@H](O)[C@@H](O)[C@@H](CC#N)O[C@@H]2S1. The topological polar surface area (TPSA) is 89.1 Å². The van der Waals surface area contributed by atoms with Crippen molar-refractivity contribution in [2.75, 3.05) is 14.1 Å². The smallest absolute Gasteiger partial charge is 0.161 e. The van der Waals surface area contributed by atoms with Crippen LogP contribution < -0.4 is 0 Å². The van der Waals surface area contributed by atoms with Gasteiger partial charge in [-0.3, -0.25) is 4.99 Å². The molecular formula is C10H15N3O3S. The van der Waals surface area contributed by atoms with E-state index in [1.807, 2.05) is 25.1 Å². The summed E-state index contributed by atoms with van der Waals surface area (Å²) in [7, 11) is 3.72. The lowest BCUT2D eigenvalue weighted by Crippen LogP contribution is -2.54. The van der Waals surface area contributed by atoms with Crippen molar-refractivity contribution in [1.82, 2.24) is 4.90 Å². The molecule has 2 N–H and O–H groups in total. The first-order valence-corrected chi connectivity index (χ1v) is 6.23. The summed E-state index contributed by atoms with van der Waals surface area (Å²) in [5.74, 6) is 0. The lowest BCUT2D eigenvalue weighted by Gasteiger charge is -2.37. The van der Waals surface area contributed by atoms with Crippen molar-refractivity contribution in [3.8, 4) is 6.07 Å². The van der Waals surface area contributed by atoms with Gasteiger partial charge in [-0.2, -0.15) is 5.26 Å². The number of amidine groups is 1. The van der Waals surface area contributed by atoms with Gasteiger partial charge in [-0.1, -0.05) is 11.8 Å². The quantitative estimate of drug-likeness (QED) is 0.651. The predicted molar refractivity (Wildman–Crippen MR) is 63.4 cm³/mol. The molecule has 1 saturated heterocycles. The monoisotopic (exact) mass is 257 g/mol. The van der Waals surface area contributed by atoms with E-state index in [0.717, 1.165) is 5.17 Å².